The summed E-state index contributed by atoms with van der Waals surface area (Å²) in [6, 6.07) is 13.0. The van der Waals surface area contributed by atoms with Crippen LogP contribution in [-0.4, -0.2) is 26.3 Å². The maximum absolute atomic E-state index is 13.5. The van der Waals surface area contributed by atoms with Gasteiger partial charge in [0.15, 0.2) is 9.99 Å². The number of nitrogens with zero attached hydrogens (tertiary/aromatic N) is 3. The minimum absolute atomic E-state index is 0.235. The fourth-order valence-electron chi connectivity index (χ4n) is 3.69. The summed E-state index contributed by atoms with van der Waals surface area (Å²) >= 11 is 2.62. The molecule has 0 fully saturated rings. The lowest BCUT2D eigenvalue weighted by atomic mass is 10.1. The Balaban J connectivity index is 1.84. The molecule has 1 N–H and O–H groups in total. The lowest BCUT2D eigenvalue weighted by Crippen LogP contribution is -2.40. The number of nitrogens with one attached hydrogen (secondary N) is 1. The van der Waals surface area contributed by atoms with Crippen LogP contribution in [0.4, 0.5) is 5.69 Å². The molecule has 170 valence electrons. The second-order valence-corrected chi connectivity index (χ2v) is 9.74. The third-order valence-electron chi connectivity index (χ3n) is 5.44. The molecule has 1 amide bonds. The molecule has 0 aliphatic rings. The Labute approximate surface area is 199 Å². The van der Waals surface area contributed by atoms with Gasteiger partial charge in [-0.25, -0.2) is 14.3 Å². The number of carbonyl (C=O) groups is 1. The Bertz CT molecular complexity index is 1470. The van der Waals surface area contributed by atoms with E-state index in [1.165, 1.54) is 27.7 Å². The van der Waals surface area contributed by atoms with Crippen molar-refractivity contribution >= 4 is 45.0 Å². The van der Waals surface area contributed by atoms with Gasteiger partial charge in [0.25, 0.3) is 5.56 Å². The molecule has 0 atom stereocenters. The number of para-hydroxylation sites is 1. The van der Waals surface area contributed by atoms with E-state index >= 15 is 0 Å². The molecule has 7 nitrogen and oxygen atoms in total. The lowest BCUT2D eigenvalue weighted by molar-refractivity contribution is -0.116. The molecule has 0 saturated carbocycles. The maximum Gasteiger partial charge on any atom is 0.337 e. The summed E-state index contributed by atoms with van der Waals surface area (Å²) < 4.78 is 3.40. The summed E-state index contributed by atoms with van der Waals surface area (Å²) in [5, 5.41) is 2.96. The zero-order chi connectivity index (χ0) is 23.7. The molecule has 0 saturated heterocycles. The van der Waals surface area contributed by atoms with Gasteiger partial charge in [0.1, 0.15) is 11.2 Å². The zero-order valence-electron chi connectivity index (χ0n) is 18.8. The van der Waals surface area contributed by atoms with E-state index in [0.717, 1.165) is 33.4 Å². The molecule has 0 bridgehead atoms. The van der Waals surface area contributed by atoms with Gasteiger partial charge in [-0.2, -0.15) is 0 Å². The second kappa shape index (κ2) is 9.36. The van der Waals surface area contributed by atoms with Gasteiger partial charge in [-0.05, 0) is 49.8 Å². The van der Waals surface area contributed by atoms with Crippen LogP contribution in [0.5, 0.6) is 0 Å². The number of thiazole rings is 1. The number of thioether (sulfide) groups is 1. The van der Waals surface area contributed by atoms with E-state index in [0.29, 0.717) is 14.7 Å². The fourth-order valence-corrected chi connectivity index (χ4v) is 5.18. The number of amides is 1. The number of benzene rings is 2. The van der Waals surface area contributed by atoms with E-state index in [1.807, 2.05) is 57.4 Å². The lowest BCUT2D eigenvalue weighted by Gasteiger charge is -2.15. The van der Waals surface area contributed by atoms with Gasteiger partial charge in [0.05, 0.1) is 5.69 Å². The molecule has 4 aromatic rings. The zero-order valence-corrected chi connectivity index (χ0v) is 20.5. The number of aryl methyl sites for hydroxylation is 3. The van der Waals surface area contributed by atoms with E-state index in [2.05, 4.69) is 10.3 Å². The summed E-state index contributed by atoms with van der Waals surface area (Å²) in [7, 11) is 0. The van der Waals surface area contributed by atoms with Crippen LogP contribution >= 0.6 is 23.1 Å². The SMILES string of the molecule is CCc1cccc(C)c1NC(=O)Cn1c(=O)n(-c2ccc(C)cc2)c(=O)c2sc(SC)nc21. The van der Waals surface area contributed by atoms with Gasteiger partial charge in [0.2, 0.25) is 5.91 Å². The maximum atomic E-state index is 13.5. The first kappa shape index (κ1) is 23.0. The van der Waals surface area contributed by atoms with Gasteiger partial charge in [-0.15, -0.1) is 11.3 Å². The quantitative estimate of drug-likeness (QED) is 0.419. The van der Waals surface area contributed by atoms with Gasteiger partial charge < -0.3 is 5.32 Å². The molecule has 2 aromatic carbocycles. The Morgan fingerprint density at radius 3 is 2.52 bits per heavy atom. The summed E-state index contributed by atoms with van der Waals surface area (Å²) in [5.41, 5.74) is 3.40. The third kappa shape index (κ3) is 4.38. The van der Waals surface area contributed by atoms with Crippen molar-refractivity contribution < 1.29 is 4.79 Å². The van der Waals surface area contributed by atoms with Crippen LogP contribution in [0.3, 0.4) is 0 Å². The molecule has 0 aliphatic heterocycles. The number of hydrogen-bond acceptors (Lipinski definition) is 6. The van der Waals surface area contributed by atoms with Crippen LogP contribution in [0.2, 0.25) is 0 Å². The number of anilines is 1. The smallest absolute Gasteiger partial charge is 0.324 e. The highest BCUT2D eigenvalue weighted by atomic mass is 32.2. The monoisotopic (exact) mass is 480 g/mol. The van der Waals surface area contributed by atoms with E-state index in [1.54, 1.807) is 12.1 Å². The molecule has 0 radical (unpaired) electrons. The Kier molecular flexibility index (Phi) is 6.53. The highest BCUT2D eigenvalue weighted by Gasteiger charge is 2.21. The third-order valence-corrected chi connectivity index (χ3v) is 7.46. The molecular formula is C24H24N4O3S2. The Morgan fingerprint density at radius 2 is 1.85 bits per heavy atom. The van der Waals surface area contributed by atoms with Gasteiger partial charge >= 0.3 is 5.69 Å². The first-order chi connectivity index (χ1) is 15.8. The summed E-state index contributed by atoms with van der Waals surface area (Å²) in [6.07, 6.45) is 2.62. The molecular weight excluding hydrogens is 456 g/mol. The average molecular weight is 481 g/mol. The van der Waals surface area contributed by atoms with Crippen molar-refractivity contribution in [2.75, 3.05) is 11.6 Å². The molecule has 0 spiro atoms. The second-order valence-electron chi connectivity index (χ2n) is 7.69. The van der Waals surface area contributed by atoms with Gasteiger partial charge in [-0.3, -0.25) is 14.2 Å². The van der Waals surface area contributed by atoms with E-state index < -0.39 is 11.2 Å². The van der Waals surface area contributed by atoms with Crippen LogP contribution in [0.25, 0.3) is 16.0 Å². The largest absolute Gasteiger partial charge is 0.337 e. The van der Waals surface area contributed by atoms with Gasteiger partial charge in [-0.1, -0.05) is 54.6 Å². The van der Waals surface area contributed by atoms with Crippen molar-refractivity contribution in [2.45, 2.75) is 38.1 Å². The standard InChI is InChI=1S/C24H24N4O3S2/c1-5-16-8-6-7-15(3)19(16)25-18(29)13-27-21-20(33-23(26-21)32-4)22(30)28(24(27)31)17-11-9-14(2)10-12-17/h6-12H,5,13H2,1-4H3,(H,25,29). The van der Waals surface area contributed by atoms with Crippen LogP contribution in [0, 0.1) is 13.8 Å². The van der Waals surface area contributed by atoms with Crippen molar-refractivity contribution in [3.05, 3.63) is 80.0 Å². The normalized spacial score (nSPS) is 11.2. The minimum atomic E-state index is -0.593. The van der Waals surface area contributed by atoms with Crippen LogP contribution < -0.4 is 16.6 Å². The fraction of sp³-hybridized carbons (Fsp3) is 0.250. The molecule has 2 aromatic heterocycles. The number of hydrogen-bond donors (Lipinski definition) is 1. The number of fused-ring (bicyclic) bond motifs is 1. The predicted molar refractivity (Wildman–Crippen MR) is 135 cm³/mol. The molecule has 0 unspecified atom stereocenters. The molecule has 4 rings (SSSR count). The van der Waals surface area contributed by atoms with E-state index in [-0.39, 0.29) is 18.1 Å². The summed E-state index contributed by atoms with van der Waals surface area (Å²) in [5.74, 6) is -0.352. The average Bonchev–Trinajstić information content (AvgIpc) is 3.24. The molecule has 33 heavy (non-hydrogen) atoms. The highest BCUT2D eigenvalue weighted by molar-refractivity contribution is 8.00. The first-order valence-corrected chi connectivity index (χ1v) is 12.5. The molecule has 2 heterocycles. The number of carbonyl (C=O) groups excluding carboxylic acids is 1. The van der Waals surface area contributed by atoms with E-state index in [9.17, 15) is 14.4 Å². The van der Waals surface area contributed by atoms with Crippen molar-refractivity contribution in [2.24, 2.45) is 0 Å². The van der Waals surface area contributed by atoms with E-state index in [4.69, 9.17) is 0 Å². The van der Waals surface area contributed by atoms with Crippen LogP contribution in [0.1, 0.15) is 23.6 Å². The number of rotatable bonds is 6. The predicted octanol–water partition coefficient (Wildman–Crippen LogP) is 4.15. The van der Waals surface area contributed by atoms with Crippen molar-refractivity contribution in [3.63, 3.8) is 0 Å². The van der Waals surface area contributed by atoms with Crippen molar-refractivity contribution in [1.29, 1.82) is 0 Å². The Hall–Kier alpha value is -3.17. The molecule has 0 aliphatic carbocycles. The summed E-state index contributed by atoms with van der Waals surface area (Å²) in [4.78, 5) is 44.2. The minimum Gasteiger partial charge on any atom is -0.324 e. The van der Waals surface area contributed by atoms with Crippen LogP contribution in [0.15, 0.2) is 56.4 Å². The van der Waals surface area contributed by atoms with Crippen molar-refractivity contribution in [1.82, 2.24) is 14.1 Å². The first-order valence-electron chi connectivity index (χ1n) is 10.5. The highest BCUT2D eigenvalue weighted by Crippen LogP contribution is 2.26. The number of aromatic nitrogens is 3. The van der Waals surface area contributed by atoms with Gasteiger partial charge in [0, 0.05) is 5.69 Å². The Morgan fingerprint density at radius 1 is 1.12 bits per heavy atom. The van der Waals surface area contributed by atoms with Crippen molar-refractivity contribution in [3.8, 4) is 5.69 Å². The molecule has 9 heteroatoms. The summed E-state index contributed by atoms with van der Waals surface area (Å²) in [6.45, 7) is 5.63. The topological polar surface area (TPSA) is 86.0 Å². The van der Waals surface area contributed by atoms with Crippen LogP contribution in [-0.2, 0) is 17.8 Å².